The van der Waals surface area contributed by atoms with Crippen molar-refractivity contribution in [3.63, 3.8) is 0 Å². The van der Waals surface area contributed by atoms with Crippen molar-refractivity contribution in [1.29, 1.82) is 0 Å². The summed E-state index contributed by atoms with van der Waals surface area (Å²) in [7, 11) is 0. The summed E-state index contributed by atoms with van der Waals surface area (Å²) in [6.45, 7) is 2.15. The number of carbonyl (C=O) groups is 1. The summed E-state index contributed by atoms with van der Waals surface area (Å²) in [4.78, 5) is 22.6. The van der Waals surface area contributed by atoms with Gasteiger partial charge in [0.25, 0.3) is 5.69 Å². The van der Waals surface area contributed by atoms with Crippen LogP contribution < -0.4 is 0 Å². The Balaban J connectivity index is 1.85. The lowest BCUT2D eigenvalue weighted by Crippen LogP contribution is -2.50. The number of hydrogen-bond donors (Lipinski definition) is 0. The average Bonchev–Trinajstić information content (AvgIpc) is 3.16. The summed E-state index contributed by atoms with van der Waals surface area (Å²) < 4.78 is 94.4. The Morgan fingerprint density at radius 1 is 1.00 bits per heavy atom. The van der Waals surface area contributed by atoms with Crippen LogP contribution in [-0.4, -0.2) is 34.8 Å². The minimum Gasteiger partial charge on any atom is -0.454 e. The second-order valence-electron chi connectivity index (χ2n) is 7.89. The maximum atomic E-state index is 15.1. The predicted octanol–water partition coefficient (Wildman–Crippen LogP) is 7.04. The first-order valence-corrected chi connectivity index (χ1v) is 10.9. The molecule has 0 amide bonds. The normalized spacial score (nSPS) is 19.1. The molecular formula is C23H15F6NO4S. The van der Waals surface area contributed by atoms with Crippen LogP contribution in [0.25, 0.3) is 15.7 Å². The zero-order valence-corrected chi connectivity index (χ0v) is 18.8. The highest BCUT2D eigenvalue weighted by atomic mass is 32.1. The first-order chi connectivity index (χ1) is 16.2. The van der Waals surface area contributed by atoms with Gasteiger partial charge in [-0.2, -0.15) is 26.3 Å². The molecule has 1 aliphatic rings. The van der Waals surface area contributed by atoms with Gasteiger partial charge in [0.15, 0.2) is 0 Å². The number of aryl methyl sites for hydroxylation is 1. The zero-order valence-electron chi connectivity index (χ0n) is 18.0. The van der Waals surface area contributed by atoms with E-state index in [0.29, 0.717) is 4.70 Å². The molecule has 0 unspecified atom stereocenters. The molecule has 0 N–H and O–H groups in total. The van der Waals surface area contributed by atoms with Gasteiger partial charge >= 0.3 is 23.7 Å². The number of halogens is 6. The Bertz CT molecular complexity index is 1380. The standard InChI is InChI=1S/C23H15F6NO4S/c1-11(34-20(31)13-7-9-14(10-8-13)30(32)33)18-19(22(26,27)23(28,29)21(18,24)25)17-12(2)35-16-6-4-3-5-15(16)17/h3-11H,1-2H3/t11-/m0/s1. The minimum atomic E-state index is -5.78. The van der Waals surface area contributed by atoms with Crippen molar-refractivity contribution >= 4 is 38.7 Å². The third-order valence-electron chi connectivity index (χ3n) is 5.74. The monoisotopic (exact) mass is 515 g/mol. The van der Waals surface area contributed by atoms with Crippen LogP contribution in [0.4, 0.5) is 32.0 Å². The summed E-state index contributed by atoms with van der Waals surface area (Å²) in [6.07, 6.45) is -2.18. The van der Waals surface area contributed by atoms with Gasteiger partial charge < -0.3 is 4.74 Å². The van der Waals surface area contributed by atoms with E-state index in [2.05, 4.69) is 0 Å². The van der Waals surface area contributed by atoms with E-state index < -0.39 is 51.5 Å². The summed E-state index contributed by atoms with van der Waals surface area (Å²) in [5.41, 5.74) is -4.43. The summed E-state index contributed by atoms with van der Waals surface area (Å²) in [6, 6.07) is 9.76. The van der Waals surface area contributed by atoms with Crippen molar-refractivity contribution in [3.8, 4) is 0 Å². The molecule has 0 radical (unpaired) electrons. The molecule has 5 nitrogen and oxygen atoms in total. The van der Waals surface area contributed by atoms with Gasteiger partial charge in [-0.15, -0.1) is 11.3 Å². The van der Waals surface area contributed by atoms with Crippen LogP contribution in [-0.2, 0) is 4.74 Å². The second-order valence-corrected chi connectivity index (χ2v) is 9.15. The van der Waals surface area contributed by atoms with Gasteiger partial charge in [-0.05, 0) is 32.0 Å². The molecule has 4 rings (SSSR count). The van der Waals surface area contributed by atoms with E-state index in [0.717, 1.165) is 42.5 Å². The van der Waals surface area contributed by atoms with E-state index in [-0.39, 0.29) is 21.5 Å². The lowest BCUT2D eigenvalue weighted by molar-refractivity contribution is -0.384. The molecule has 184 valence electrons. The van der Waals surface area contributed by atoms with Gasteiger partial charge in [-0.1, -0.05) is 18.2 Å². The van der Waals surface area contributed by atoms with Crippen molar-refractivity contribution in [2.75, 3.05) is 0 Å². The first kappa shape index (κ1) is 24.7. The van der Waals surface area contributed by atoms with Crippen LogP contribution in [0.1, 0.15) is 27.7 Å². The molecule has 1 aliphatic carbocycles. The Morgan fingerprint density at radius 2 is 1.60 bits per heavy atom. The number of nitrogens with zero attached hydrogens (tertiary/aromatic N) is 1. The quantitative estimate of drug-likeness (QED) is 0.158. The molecule has 0 bridgehead atoms. The van der Waals surface area contributed by atoms with Gasteiger partial charge in [0, 0.05) is 38.2 Å². The summed E-state index contributed by atoms with van der Waals surface area (Å²) >= 11 is 0.975. The SMILES string of the molecule is Cc1sc2ccccc2c1C1=C([C@H](C)OC(=O)c2ccc([N+](=O)[O-])cc2)C(F)(F)C(F)(F)C1(F)F. The van der Waals surface area contributed by atoms with Crippen LogP contribution in [0.3, 0.4) is 0 Å². The molecule has 2 aromatic carbocycles. The topological polar surface area (TPSA) is 69.4 Å². The van der Waals surface area contributed by atoms with E-state index in [1.165, 1.54) is 25.1 Å². The molecule has 0 spiro atoms. The smallest absolute Gasteiger partial charge is 0.380 e. The highest BCUT2D eigenvalue weighted by Gasteiger charge is 2.81. The predicted molar refractivity (Wildman–Crippen MR) is 116 cm³/mol. The Kier molecular flexibility index (Phi) is 5.70. The number of allylic oxidation sites excluding steroid dienone is 1. The summed E-state index contributed by atoms with van der Waals surface area (Å²) in [5, 5.41) is 10.8. The Labute approximate surface area is 197 Å². The maximum absolute atomic E-state index is 15.1. The van der Waals surface area contributed by atoms with Gasteiger partial charge in [-0.25, -0.2) is 4.79 Å². The van der Waals surface area contributed by atoms with Crippen LogP contribution in [0, 0.1) is 17.0 Å². The molecule has 0 fully saturated rings. The van der Waals surface area contributed by atoms with Crippen molar-refractivity contribution < 1.29 is 40.8 Å². The molecular weight excluding hydrogens is 500 g/mol. The number of ether oxygens (including phenoxy) is 1. The zero-order chi connectivity index (χ0) is 25.9. The molecule has 0 aliphatic heterocycles. The number of nitro benzene ring substituents is 1. The molecule has 35 heavy (non-hydrogen) atoms. The third-order valence-corrected chi connectivity index (χ3v) is 6.82. The molecule has 0 saturated heterocycles. The molecule has 3 aromatic rings. The van der Waals surface area contributed by atoms with Crippen LogP contribution >= 0.6 is 11.3 Å². The van der Waals surface area contributed by atoms with Crippen molar-refractivity contribution in [2.24, 2.45) is 0 Å². The lowest BCUT2D eigenvalue weighted by Gasteiger charge is -2.26. The average molecular weight is 515 g/mol. The fraction of sp³-hybridized carbons (Fsp3) is 0.261. The van der Waals surface area contributed by atoms with Crippen molar-refractivity contribution in [3.05, 3.63) is 80.2 Å². The van der Waals surface area contributed by atoms with Gasteiger partial charge in [0.1, 0.15) is 6.10 Å². The highest BCUT2D eigenvalue weighted by Crippen LogP contribution is 2.64. The fourth-order valence-electron chi connectivity index (χ4n) is 4.08. The van der Waals surface area contributed by atoms with E-state index in [1.54, 1.807) is 6.07 Å². The van der Waals surface area contributed by atoms with E-state index in [9.17, 15) is 32.5 Å². The third kappa shape index (κ3) is 3.58. The van der Waals surface area contributed by atoms with E-state index in [1.807, 2.05) is 0 Å². The van der Waals surface area contributed by atoms with Crippen LogP contribution in [0.15, 0.2) is 54.1 Å². The number of alkyl halides is 6. The number of thiophene rings is 1. The second kappa shape index (κ2) is 8.08. The van der Waals surface area contributed by atoms with E-state index in [4.69, 9.17) is 4.74 Å². The molecule has 0 saturated carbocycles. The van der Waals surface area contributed by atoms with Crippen molar-refractivity contribution in [1.82, 2.24) is 0 Å². The minimum absolute atomic E-state index is 0.0876. The van der Waals surface area contributed by atoms with Crippen LogP contribution in [0.2, 0.25) is 0 Å². The van der Waals surface area contributed by atoms with Gasteiger partial charge in [0.05, 0.1) is 16.1 Å². The van der Waals surface area contributed by atoms with Gasteiger partial charge in [0.2, 0.25) is 0 Å². The number of non-ortho nitro benzene ring substituents is 1. The number of carbonyl (C=O) groups excluding carboxylic acids is 1. The molecule has 1 aromatic heterocycles. The molecule has 1 atom stereocenters. The van der Waals surface area contributed by atoms with Crippen molar-refractivity contribution in [2.45, 2.75) is 37.7 Å². The first-order valence-electron chi connectivity index (χ1n) is 10.0. The fourth-order valence-corrected chi connectivity index (χ4v) is 5.16. The number of rotatable bonds is 5. The van der Waals surface area contributed by atoms with Crippen LogP contribution in [0.5, 0.6) is 0 Å². The Morgan fingerprint density at radius 3 is 2.20 bits per heavy atom. The number of fused-ring (bicyclic) bond motifs is 1. The highest BCUT2D eigenvalue weighted by molar-refractivity contribution is 7.19. The number of nitro groups is 1. The summed E-state index contributed by atoms with van der Waals surface area (Å²) in [5.74, 6) is -17.7. The number of hydrogen-bond acceptors (Lipinski definition) is 5. The number of benzene rings is 2. The maximum Gasteiger partial charge on any atom is 0.380 e. The van der Waals surface area contributed by atoms with E-state index >= 15 is 8.78 Å². The lowest BCUT2D eigenvalue weighted by atomic mass is 9.94. The molecule has 1 heterocycles. The Hall–Kier alpha value is -3.41. The largest absolute Gasteiger partial charge is 0.454 e. The number of esters is 1. The van der Waals surface area contributed by atoms with Gasteiger partial charge in [-0.3, -0.25) is 10.1 Å². The molecule has 12 heteroatoms.